The van der Waals surface area contributed by atoms with Crippen molar-refractivity contribution in [2.45, 2.75) is 19.4 Å². The highest BCUT2D eigenvalue weighted by atomic mass is 16.6. The zero-order valence-electron chi connectivity index (χ0n) is 13.5. The third-order valence-corrected chi connectivity index (χ3v) is 3.99. The van der Waals surface area contributed by atoms with Crippen LogP contribution < -0.4 is 14.8 Å². The molecule has 0 aliphatic carbocycles. The molecule has 128 valence electrons. The van der Waals surface area contributed by atoms with E-state index in [1.165, 1.54) is 0 Å². The molecule has 1 aromatic carbocycles. The van der Waals surface area contributed by atoms with Crippen LogP contribution in [0.5, 0.6) is 11.5 Å². The van der Waals surface area contributed by atoms with Crippen molar-refractivity contribution in [3.05, 3.63) is 23.8 Å². The Kier molecular flexibility index (Phi) is 4.04. The van der Waals surface area contributed by atoms with Gasteiger partial charge in [0, 0.05) is 0 Å². The summed E-state index contributed by atoms with van der Waals surface area (Å²) in [7, 11) is 0. The number of carbonyl (C=O) groups excluding carboxylic acids is 3. The summed E-state index contributed by atoms with van der Waals surface area (Å²) in [5.41, 5.74) is -0.726. The largest absolute Gasteiger partial charge is 0.486 e. The van der Waals surface area contributed by atoms with E-state index < -0.39 is 30.0 Å². The van der Waals surface area contributed by atoms with Crippen LogP contribution in [0, 0.1) is 0 Å². The summed E-state index contributed by atoms with van der Waals surface area (Å²) in [5.74, 6) is -0.0377. The summed E-state index contributed by atoms with van der Waals surface area (Å²) in [6.07, 6.45) is 0. The highest BCUT2D eigenvalue weighted by Gasteiger charge is 2.50. The van der Waals surface area contributed by atoms with Gasteiger partial charge in [-0.1, -0.05) is 6.07 Å². The third kappa shape index (κ3) is 2.64. The Labute approximate surface area is 138 Å². The lowest BCUT2D eigenvalue weighted by Gasteiger charge is -2.25. The van der Waals surface area contributed by atoms with Crippen molar-refractivity contribution in [3.8, 4) is 11.5 Å². The van der Waals surface area contributed by atoms with Gasteiger partial charge in [0.05, 0.1) is 6.61 Å². The van der Waals surface area contributed by atoms with E-state index in [-0.39, 0.29) is 6.61 Å². The molecule has 2 aliphatic rings. The zero-order chi connectivity index (χ0) is 17.3. The second-order valence-corrected chi connectivity index (χ2v) is 5.61. The first kappa shape index (κ1) is 16.1. The minimum absolute atomic E-state index is 0.182. The maximum atomic E-state index is 12.7. The first-order chi connectivity index (χ1) is 11.5. The monoisotopic (exact) mass is 334 g/mol. The molecular formula is C16H18N2O6. The molecule has 3 rings (SSSR count). The summed E-state index contributed by atoms with van der Waals surface area (Å²) in [4.78, 5) is 37.3. The number of carbonyl (C=O) groups is 3. The number of ether oxygens (including phenoxy) is 3. The number of benzene rings is 1. The van der Waals surface area contributed by atoms with Gasteiger partial charge in [0.1, 0.15) is 25.3 Å². The summed E-state index contributed by atoms with van der Waals surface area (Å²) in [6, 6.07) is 4.42. The molecule has 0 saturated carbocycles. The first-order valence-corrected chi connectivity index (χ1v) is 7.65. The van der Waals surface area contributed by atoms with Crippen molar-refractivity contribution in [2.75, 3.05) is 26.4 Å². The molecule has 0 spiro atoms. The fraction of sp³-hybridized carbons (Fsp3) is 0.438. The van der Waals surface area contributed by atoms with Crippen LogP contribution in [0.15, 0.2) is 18.2 Å². The van der Waals surface area contributed by atoms with Crippen molar-refractivity contribution < 1.29 is 28.6 Å². The molecule has 2 aliphatic heterocycles. The summed E-state index contributed by atoms with van der Waals surface area (Å²) < 4.78 is 15.8. The zero-order valence-corrected chi connectivity index (χ0v) is 13.5. The minimum Gasteiger partial charge on any atom is -0.486 e. The van der Waals surface area contributed by atoms with Gasteiger partial charge in [0.2, 0.25) is 0 Å². The van der Waals surface area contributed by atoms with Crippen molar-refractivity contribution in [2.24, 2.45) is 0 Å². The van der Waals surface area contributed by atoms with E-state index in [9.17, 15) is 14.4 Å². The van der Waals surface area contributed by atoms with Gasteiger partial charge in [-0.25, -0.2) is 4.79 Å². The maximum Gasteiger partial charge on any atom is 0.326 e. The molecule has 24 heavy (non-hydrogen) atoms. The van der Waals surface area contributed by atoms with Gasteiger partial charge >= 0.3 is 12.0 Å². The van der Waals surface area contributed by atoms with Gasteiger partial charge in [-0.05, 0) is 31.5 Å². The van der Waals surface area contributed by atoms with Gasteiger partial charge in [0.25, 0.3) is 5.91 Å². The molecule has 8 nitrogen and oxygen atoms in total. The van der Waals surface area contributed by atoms with Gasteiger partial charge in [-0.2, -0.15) is 0 Å². The van der Waals surface area contributed by atoms with Crippen LogP contribution in [0.2, 0.25) is 0 Å². The number of amides is 3. The summed E-state index contributed by atoms with van der Waals surface area (Å²) in [5, 5.41) is 2.63. The van der Waals surface area contributed by atoms with E-state index in [2.05, 4.69) is 5.32 Å². The Morgan fingerprint density at radius 1 is 1.29 bits per heavy atom. The molecule has 2 heterocycles. The standard InChI is InChI=1S/C16H18N2O6/c1-3-22-13(19)9-18-14(20)16(2,17-15(18)21)10-4-5-11-12(8-10)24-7-6-23-11/h4-5,8H,3,6-7,9H2,1-2H3,(H,17,21)/t16-/m1/s1. The van der Waals surface area contributed by atoms with Gasteiger partial charge in [-0.3, -0.25) is 14.5 Å². The first-order valence-electron chi connectivity index (χ1n) is 7.65. The fourth-order valence-corrected chi connectivity index (χ4v) is 2.73. The van der Waals surface area contributed by atoms with Crippen LogP contribution in [-0.4, -0.2) is 49.2 Å². The minimum atomic E-state index is -1.28. The number of nitrogens with one attached hydrogen (secondary N) is 1. The van der Waals surface area contributed by atoms with Crippen LogP contribution in [0.4, 0.5) is 4.79 Å². The van der Waals surface area contributed by atoms with Crippen molar-refractivity contribution in [1.29, 1.82) is 0 Å². The third-order valence-electron chi connectivity index (χ3n) is 3.99. The quantitative estimate of drug-likeness (QED) is 0.646. The van der Waals surface area contributed by atoms with Crippen LogP contribution >= 0.6 is 0 Å². The normalized spacial score (nSPS) is 22.3. The van der Waals surface area contributed by atoms with E-state index in [0.717, 1.165) is 4.90 Å². The fourth-order valence-electron chi connectivity index (χ4n) is 2.73. The number of imide groups is 1. The molecule has 1 saturated heterocycles. The van der Waals surface area contributed by atoms with Crippen LogP contribution in [0.1, 0.15) is 19.4 Å². The van der Waals surface area contributed by atoms with Crippen LogP contribution in [0.3, 0.4) is 0 Å². The second kappa shape index (κ2) is 6.03. The number of fused-ring (bicyclic) bond motifs is 1. The second-order valence-electron chi connectivity index (χ2n) is 5.61. The Morgan fingerprint density at radius 3 is 2.71 bits per heavy atom. The molecular weight excluding hydrogens is 316 g/mol. The molecule has 0 bridgehead atoms. The highest BCUT2D eigenvalue weighted by Crippen LogP contribution is 2.36. The predicted molar refractivity (Wildman–Crippen MR) is 81.7 cm³/mol. The summed E-state index contributed by atoms with van der Waals surface area (Å²) in [6.45, 7) is 3.89. The average molecular weight is 334 g/mol. The number of hydrogen-bond donors (Lipinski definition) is 1. The van der Waals surface area contributed by atoms with Crippen molar-refractivity contribution in [3.63, 3.8) is 0 Å². The molecule has 1 fully saturated rings. The number of rotatable bonds is 4. The smallest absolute Gasteiger partial charge is 0.326 e. The molecule has 1 aromatic rings. The topological polar surface area (TPSA) is 94.2 Å². The van der Waals surface area contributed by atoms with E-state index >= 15 is 0 Å². The van der Waals surface area contributed by atoms with Gasteiger partial charge in [-0.15, -0.1) is 0 Å². The lowest BCUT2D eigenvalue weighted by atomic mass is 9.91. The van der Waals surface area contributed by atoms with Gasteiger partial charge < -0.3 is 19.5 Å². The van der Waals surface area contributed by atoms with E-state index in [4.69, 9.17) is 14.2 Å². The SMILES string of the molecule is CCOC(=O)CN1C(=O)N[C@](C)(c2ccc3c(c2)OCCO3)C1=O. The number of nitrogens with zero attached hydrogens (tertiary/aromatic N) is 1. The Balaban J connectivity index is 1.86. The number of esters is 1. The number of urea groups is 1. The van der Waals surface area contributed by atoms with E-state index in [1.54, 1.807) is 32.0 Å². The average Bonchev–Trinajstić information content (AvgIpc) is 2.79. The van der Waals surface area contributed by atoms with Crippen molar-refractivity contribution >= 4 is 17.9 Å². The van der Waals surface area contributed by atoms with E-state index in [1.807, 2.05) is 0 Å². The van der Waals surface area contributed by atoms with Crippen molar-refractivity contribution in [1.82, 2.24) is 10.2 Å². The maximum absolute atomic E-state index is 12.7. The summed E-state index contributed by atoms with van der Waals surface area (Å²) >= 11 is 0. The molecule has 8 heteroatoms. The predicted octanol–water partition coefficient (Wildman–Crippen LogP) is 0.788. The molecule has 1 N–H and O–H groups in total. The molecule has 0 aromatic heterocycles. The van der Waals surface area contributed by atoms with E-state index in [0.29, 0.717) is 30.3 Å². The molecule has 0 radical (unpaired) electrons. The number of hydrogen-bond acceptors (Lipinski definition) is 6. The highest BCUT2D eigenvalue weighted by molar-refractivity contribution is 6.08. The molecule has 1 atom stereocenters. The Morgan fingerprint density at radius 2 is 2.00 bits per heavy atom. The lowest BCUT2D eigenvalue weighted by Crippen LogP contribution is -2.41. The molecule has 0 unspecified atom stereocenters. The lowest BCUT2D eigenvalue weighted by molar-refractivity contribution is -0.147. The Hall–Kier alpha value is -2.77. The van der Waals surface area contributed by atoms with Crippen LogP contribution in [-0.2, 0) is 19.9 Å². The Bertz CT molecular complexity index is 704. The molecule has 3 amide bonds. The van der Waals surface area contributed by atoms with Crippen LogP contribution in [0.25, 0.3) is 0 Å². The van der Waals surface area contributed by atoms with Gasteiger partial charge in [0.15, 0.2) is 11.5 Å².